The zero-order valence-electron chi connectivity index (χ0n) is 27.2. The maximum absolute atomic E-state index is 13.6. The number of aliphatic imine (C=N–C) groups is 2. The standard InChI is InChI=1S/C40H38N4O4/c1-47-33-21-17-29(18-22-33)27-35-39(45)43(37(41-35)31-13-7-5-8-14-31)25-11-3-4-12-26-44-38(32-15-9-6-10-16-32)42-36(40(44)46)28-30-19-23-34(48-2)24-20-30/h5-10,13-24,27-28H,3-4,11-12,25-26H2,1-2H3/b35-27-,36-28+. The highest BCUT2D eigenvalue weighted by atomic mass is 16.5. The minimum absolute atomic E-state index is 0.104. The molecule has 0 spiro atoms. The number of unbranched alkanes of at least 4 members (excludes halogenated alkanes) is 3. The molecule has 0 radical (unpaired) electrons. The van der Waals surface area contributed by atoms with Gasteiger partial charge >= 0.3 is 0 Å². The van der Waals surface area contributed by atoms with Gasteiger partial charge < -0.3 is 9.47 Å². The Morgan fingerprint density at radius 2 is 0.896 bits per heavy atom. The van der Waals surface area contributed by atoms with Gasteiger partial charge in [-0.3, -0.25) is 19.4 Å². The molecule has 0 fully saturated rings. The minimum atomic E-state index is -0.104. The lowest BCUT2D eigenvalue weighted by Crippen LogP contribution is -2.34. The molecule has 0 bridgehead atoms. The van der Waals surface area contributed by atoms with Crippen molar-refractivity contribution in [1.82, 2.24) is 9.80 Å². The molecular weight excluding hydrogens is 600 g/mol. The van der Waals surface area contributed by atoms with Crippen molar-refractivity contribution in [3.05, 3.63) is 143 Å². The van der Waals surface area contributed by atoms with Crippen molar-refractivity contribution in [3.63, 3.8) is 0 Å². The topological polar surface area (TPSA) is 83.8 Å². The molecule has 0 N–H and O–H groups in total. The first kappa shape index (κ1) is 32.2. The molecule has 4 aromatic carbocycles. The van der Waals surface area contributed by atoms with E-state index in [1.54, 1.807) is 24.0 Å². The lowest BCUT2D eigenvalue weighted by atomic mass is 10.1. The Bertz CT molecular complexity index is 1720. The highest BCUT2D eigenvalue weighted by molar-refractivity contribution is 6.20. The van der Waals surface area contributed by atoms with Crippen molar-refractivity contribution in [3.8, 4) is 11.5 Å². The predicted molar refractivity (Wildman–Crippen MR) is 190 cm³/mol. The molecular formula is C40H38N4O4. The number of amides is 2. The Labute approximate surface area is 281 Å². The number of nitrogens with zero attached hydrogens (tertiary/aromatic N) is 4. The van der Waals surface area contributed by atoms with Gasteiger partial charge in [-0.2, -0.15) is 0 Å². The number of carbonyl (C=O) groups excluding carboxylic acids is 2. The Balaban J connectivity index is 1.08. The molecule has 2 heterocycles. The van der Waals surface area contributed by atoms with E-state index in [0.29, 0.717) is 36.2 Å². The fourth-order valence-electron chi connectivity index (χ4n) is 5.74. The minimum Gasteiger partial charge on any atom is -0.497 e. The zero-order valence-corrected chi connectivity index (χ0v) is 27.2. The summed E-state index contributed by atoms with van der Waals surface area (Å²) in [6.45, 7) is 1.11. The van der Waals surface area contributed by atoms with Crippen molar-refractivity contribution in [1.29, 1.82) is 0 Å². The van der Waals surface area contributed by atoms with Gasteiger partial charge in [0.05, 0.1) is 14.2 Å². The maximum Gasteiger partial charge on any atom is 0.278 e. The van der Waals surface area contributed by atoms with E-state index in [2.05, 4.69) is 0 Å². The molecule has 0 aromatic heterocycles. The van der Waals surface area contributed by atoms with E-state index in [1.165, 1.54) is 0 Å². The molecule has 0 saturated carbocycles. The number of hydrogen-bond donors (Lipinski definition) is 0. The summed E-state index contributed by atoms with van der Waals surface area (Å²) in [5, 5.41) is 0. The molecule has 4 aromatic rings. The van der Waals surface area contributed by atoms with Crippen LogP contribution in [0, 0.1) is 0 Å². The monoisotopic (exact) mass is 638 g/mol. The zero-order chi connectivity index (χ0) is 33.3. The van der Waals surface area contributed by atoms with Crippen LogP contribution >= 0.6 is 0 Å². The van der Waals surface area contributed by atoms with Crippen LogP contribution in [0.5, 0.6) is 11.5 Å². The molecule has 0 saturated heterocycles. The molecule has 8 heteroatoms. The van der Waals surface area contributed by atoms with E-state index >= 15 is 0 Å². The van der Waals surface area contributed by atoms with Crippen LogP contribution in [0.3, 0.4) is 0 Å². The number of methoxy groups -OCH3 is 2. The molecule has 48 heavy (non-hydrogen) atoms. The Hall–Kier alpha value is -5.76. The third kappa shape index (κ3) is 7.44. The Morgan fingerprint density at radius 3 is 1.25 bits per heavy atom. The first-order valence-corrected chi connectivity index (χ1v) is 16.2. The number of ether oxygens (including phenoxy) is 2. The van der Waals surface area contributed by atoms with E-state index in [1.807, 2.05) is 121 Å². The van der Waals surface area contributed by atoms with Crippen LogP contribution in [0.1, 0.15) is 47.9 Å². The molecule has 8 nitrogen and oxygen atoms in total. The normalized spacial score (nSPS) is 16.1. The number of amidine groups is 2. The molecule has 0 aliphatic carbocycles. The summed E-state index contributed by atoms with van der Waals surface area (Å²) in [5.41, 5.74) is 4.41. The lowest BCUT2D eigenvalue weighted by Gasteiger charge is -2.19. The highest BCUT2D eigenvalue weighted by Gasteiger charge is 2.32. The van der Waals surface area contributed by atoms with Gasteiger partial charge in [-0.25, -0.2) is 9.98 Å². The van der Waals surface area contributed by atoms with Crippen LogP contribution in [0.2, 0.25) is 0 Å². The van der Waals surface area contributed by atoms with Gasteiger partial charge in [-0.1, -0.05) is 97.8 Å². The number of hydrogen-bond acceptors (Lipinski definition) is 6. The SMILES string of the molecule is COc1ccc(/C=C2\N=C(c3ccccc3)N(CCCCCCN3C(=O)/C(=C\c4ccc(OC)cc4)N=C3c3ccccc3)C2=O)cc1. The van der Waals surface area contributed by atoms with E-state index < -0.39 is 0 Å². The molecule has 0 atom stereocenters. The van der Waals surface area contributed by atoms with Crippen molar-refractivity contribution >= 4 is 35.6 Å². The van der Waals surface area contributed by atoms with Crippen molar-refractivity contribution < 1.29 is 19.1 Å². The average Bonchev–Trinajstić information content (AvgIpc) is 3.62. The van der Waals surface area contributed by atoms with Crippen LogP contribution in [0.15, 0.2) is 131 Å². The number of rotatable bonds is 13. The molecule has 2 aliphatic rings. The van der Waals surface area contributed by atoms with E-state index in [-0.39, 0.29) is 11.8 Å². The number of benzene rings is 4. The van der Waals surface area contributed by atoms with Crippen molar-refractivity contribution in [2.24, 2.45) is 9.98 Å². The summed E-state index contributed by atoms with van der Waals surface area (Å²) in [7, 11) is 3.26. The van der Waals surface area contributed by atoms with Crippen LogP contribution in [0.4, 0.5) is 0 Å². The summed E-state index contributed by atoms with van der Waals surface area (Å²) >= 11 is 0. The summed E-state index contributed by atoms with van der Waals surface area (Å²) in [4.78, 5) is 40.2. The van der Waals surface area contributed by atoms with Gasteiger partial charge in [-0.05, 0) is 60.4 Å². The largest absolute Gasteiger partial charge is 0.497 e. The second-order valence-corrected chi connectivity index (χ2v) is 11.5. The van der Waals surface area contributed by atoms with Crippen LogP contribution in [-0.4, -0.2) is 60.6 Å². The van der Waals surface area contributed by atoms with Crippen LogP contribution in [0.25, 0.3) is 12.2 Å². The highest BCUT2D eigenvalue weighted by Crippen LogP contribution is 2.26. The lowest BCUT2D eigenvalue weighted by molar-refractivity contribution is -0.123. The fourth-order valence-corrected chi connectivity index (χ4v) is 5.74. The van der Waals surface area contributed by atoms with E-state index in [9.17, 15) is 9.59 Å². The predicted octanol–water partition coefficient (Wildman–Crippen LogP) is 7.22. The van der Waals surface area contributed by atoms with Crippen molar-refractivity contribution in [2.75, 3.05) is 27.3 Å². The first-order valence-electron chi connectivity index (χ1n) is 16.2. The van der Waals surface area contributed by atoms with Gasteiger partial charge in [0, 0.05) is 24.2 Å². The second kappa shape index (κ2) is 15.2. The maximum atomic E-state index is 13.6. The number of carbonyl (C=O) groups is 2. The molecule has 2 aliphatic heterocycles. The third-order valence-corrected chi connectivity index (χ3v) is 8.31. The Morgan fingerprint density at radius 1 is 0.521 bits per heavy atom. The van der Waals surface area contributed by atoms with Gasteiger partial charge in [0.1, 0.15) is 34.6 Å². The van der Waals surface area contributed by atoms with Gasteiger partial charge in [-0.15, -0.1) is 0 Å². The smallest absolute Gasteiger partial charge is 0.278 e. The average molecular weight is 639 g/mol. The van der Waals surface area contributed by atoms with E-state index in [0.717, 1.165) is 59.4 Å². The van der Waals surface area contributed by atoms with Gasteiger partial charge in [0.25, 0.3) is 11.8 Å². The second-order valence-electron chi connectivity index (χ2n) is 11.5. The van der Waals surface area contributed by atoms with E-state index in [4.69, 9.17) is 19.5 Å². The van der Waals surface area contributed by atoms with Gasteiger partial charge in [0.15, 0.2) is 0 Å². The quantitative estimate of drug-likeness (QED) is 0.114. The van der Waals surface area contributed by atoms with Crippen LogP contribution < -0.4 is 9.47 Å². The van der Waals surface area contributed by atoms with Crippen LogP contribution in [-0.2, 0) is 9.59 Å². The van der Waals surface area contributed by atoms with Crippen molar-refractivity contribution in [2.45, 2.75) is 25.7 Å². The Kier molecular flexibility index (Phi) is 10.2. The molecule has 2 amide bonds. The molecule has 242 valence electrons. The summed E-state index contributed by atoms with van der Waals surface area (Å²) in [6, 6.07) is 34.8. The first-order chi connectivity index (χ1) is 23.5. The van der Waals surface area contributed by atoms with Gasteiger partial charge in [0.2, 0.25) is 0 Å². The summed E-state index contributed by atoms with van der Waals surface area (Å²) < 4.78 is 10.5. The summed E-state index contributed by atoms with van der Waals surface area (Å²) in [6.07, 6.45) is 7.06. The molecule has 0 unspecified atom stereocenters. The third-order valence-electron chi connectivity index (χ3n) is 8.31. The fraction of sp³-hybridized carbons (Fsp3) is 0.200. The molecule has 6 rings (SSSR count). The summed E-state index contributed by atoms with van der Waals surface area (Å²) in [5.74, 6) is 2.64.